The van der Waals surface area contributed by atoms with Crippen molar-refractivity contribution in [3.05, 3.63) is 84.5 Å². The first-order valence-corrected chi connectivity index (χ1v) is 13.3. The minimum Gasteiger partial charge on any atom is -0.481 e. The minimum absolute atomic E-state index is 0.193. The molecule has 0 fully saturated rings. The van der Waals surface area contributed by atoms with Crippen LogP contribution in [0.3, 0.4) is 0 Å². The van der Waals surface area contributed by atoms with Crippen molar-refractivity contribution in [2.45, 2.75) is 58.0 Å². The molecule has 2 aromatic heterocycles. The number of hydrogen-bond acceptors (Lipinski definition) is 7. The first-order valence-electron chi connectivity index (χ1n) is 13.3. The number of hydrogen-bond donors (Lipinski definition) is 4. The number of para-hydroxylation sites is 2. The molecule has 2 aromatic carbocycles. The SMILES string of the molecule is CCn1c(CN(CCCn2ccnc2)Cc2cccc(F)c2)nc2ccccc21.O=C(O)CC(O)(CC(=O)O)C(=O)O. The van der Waals surface area contributed by atoms with Crippen LogP contribution in [0.1, 0.15) is 37.6 Å². The number of aryl methyl sites for hydroxylation is 2. The molecule has 4 rings (SSSR count). The van der Waals surface area contributed by atoms with Crippen LogP contribution in [-0.2, 0) is 40.6 Å². The maximum atomic E-state index is 13.7. The van der Waals surface area contributed by atoms with Gasteiger partial charge in [0.05, 0.1) is 36.7 Å². The van der Waals surface area contributed by atoms with Crippen molar-refractivity contribution >= 4 is 28.9 Å². The van der Waals surface area contributed by atoms with Crippen molar-refractivity contribution in [2.75, 3.05) is 6.54 Å². The lowest BCUT2D eigenvalue weighted by atomic mass is 9.96. The topological polar surface area (TPSA) is 171 Å². The molecule has 0 aliphatic carbocycles. The zero-order chi connectivity index (χ0) is 30.7. The third-order valence-corrected chi connectivity index (χ3v) is 6.45. The maximum Gasteiger partial charge on any atom is 0.336 e. The highest BCUT2D eigenvalue weighted by Crippen LogP contribution is 2.19. The van der Waals surface area contributed by atoms with Gasteiger partial charge in [-0.15, -0.1) is 0 Å². The summed E-state index contributed by atoms with van der Waals surface area (Å²) in [6.45, 7) is 6.23. The molecular weight excluding hydrogens is 549 g/mol. The van der Waals surface area contributed by atoms with Crippen molar-refractivity contribution in [1.29, 1.82) is 0 Å². The average molecular weight is 584 g/mol. The zero-order valence-electron chi connectivity index (χ0n) is 23.1. The molecule has 0 unspecified atom stereocenters. The molecule has 0 saturated heterocycles. The quantitative estimate of drug-likeness (QED) is 0.173. The van der Waals surface area contributed by atoms with Crippen molar-refractivity contribution in [3.63, 3.8) is 0 Å². The predicted octanol–water partition coefficient (Wildman–Crippen LogP) is 3.24. The van der Waals surface area contributed by atoms with E-state index in [0.717, 1.165) is 55.0 Å². The van der Waals surface area contributed by atoms with Crippen LogP contribution in [0.15, 0.2) is 67.3 Å². The van der Waals surface area contributed by atoms with Crippen LogP contribution in [0.5, 0.6) is 0 Å². The highest BCUT2D eigenvalue weighted by atomic mass is 19.1. The molecule has 0 bridgehead atoms. The van der Waals surface area contributed by atoms with Crippen molar-refractivity contribution < 1.29 is 39.2 Å². The first kappa shape index (κ1) is 31.9. The Morgan fingerprint density at radius 2 is 1.71 bits per heavy atom. The second-order valence-corrected chi connectivity index (χ2v) is 9.73. The number of fused-ring (bicyclic) bond motifs is 1. The fourth-order valence-corrected chi connectivity index (χ4v) is 4.52. The van der Waals surface area contributed by atoms with Gasteiger partial charge in [-0.05, 0) is 43.2 Å². The Labute approximate surface area is 241 Å². The Morgan fingerprint density at radius 3 is 2.31 bits per heavy atom. The standard InChI is InChI=1S/C23H26FN5.C6H8O7/c1-2-29-22-10-4-3-9-21(22)26-23(29)17-28(13-6-12-27-14-11-25-18-27)16-19-7-5-8-20(24)15-19;7-3(8)1-6(13,5(11)12)2-4(9)10/h3-5,7-11,14-15,18H,2,6,12-13,16-17H2,1H3;13H,1-2H2,(H,7,8)(H,9,10)(H,11,12). The number of benzene rings is 2. The van der Waals surface area contributed by atoms with Gasteiger partial charge in [-0.2, -0.15) is 0 Å². The van der Waals surface area contributed by atoms with Gasteiger partial charge in [0.25, 0.3) is 0 Å². The summed E-state index contributed by atoms with van der Waals surface area (Å²) in [5.74, 6) is -4.16. The Kier molecular flexibility index (Phi) is 11.3. The van der Waals surface area contributed by atoms with E-state index in [9.17, 15) is 18.8 Å². The molecule has 4 aromatic rings. The second-order valence-electron chi connectivity index (χ2n) is 9.73. The Balaban J connectivity index is 0.000000316. The van der Waals surface area contributed by atoms with Gasteiger partial charge in [-0.25, -0.2) is 19.2 Å². The molecular formula is C29H34FN5O7. The van der Waals surface area contributed by atoms with Gasteiger partial charge in [0.1, 0.15) is 11.6 Å². The van der Waals surface area contributed by atoms with E-state index in [2.05, 4.69) is 44.1 Å². The van der Waals surface area contributed by atoms with E-state index in [1.807, 2.05) is 24.7 Å². The number of carboxylic acid groups (broad SMARTS) is 3. The smallest absolute Gasteiger partial charge is 0.336 e. The molecule has 0 aliphatic rings. The summed E-state index contributed by atoms with van der Waals surface area (Å²) in [5, 5.41) is 33.8. The van der Waals surface area contributed by atoms with E-state index in [4.69, 9.17) is 25.4 Å². The molecule has 13 heteroatoms. The summed E-state index contributed by atoms with van der Waals surface area (Å²) in [5.41, 5.74) is 0.423. The van der Waals surface area contributed by atoms with Gasteiger partial charge >= 0.3 is 17.9 Å². The zero-order valence-corrected chi connectivity index (χ0v) is 23.1. The number of carbonyl (C=O) groups is 3. The number of imidazole rings is 2. The monoisotopic (exact) mass is 583 g/mol. The number of aliphatic carboxylic acids is 3. The Morgan fingerprint density at radius 1 is 1.00 bits per heavy atom. The Bertz CT molecular complexity index is 1470. The fraction of sp³-hybridized carbons (Fsp3) is 0.345. The van der Waals surface area contributed by atoms with E-state index in [1.54, 1.807) is 18.3 Å². The van der Waals surface area contributed by atoms with Gasteiger partial charge < -0.3 is 29.6 Å². The number of rotatable bonds is 14. The highest BCUT2D eigenvalue weighted by molar-refractivity contribution is 5.88. The third kappa shape index (κ3) is 9.21. The summed E-state index contributed by atoms with van der Waals surface area (Å²) in [4.78, 5) is 41.8. The van der Waals surface area contributed by atoms with Gasteiger partial charge in [0, 0.05) is 38.6 Å². The lowest BCUT2D eigenvalue weighted by Crippen LogP contribution is -2.42. The molecule has 0 saturated carbocycles. The number of aliphatic hydroxyl groups is 1. The highest BCUT2D eigenvalue weighted by Gasteiger charge is 2.40. The average Bonchev–Trinajstić information content (AvgIpc) is 3.55. The number of aromatic nitrogens is 4. The Hall–Kier alpha value is -4.62. The van der Waals surface area contributed by atoms with Crippen LogP contribution in [0.25, 0.3) is 11.0 Å². The van der Waals surface area contributed by atoms with Gasteiger partial charge in [-0.3, -0.25) is 14.5 Å². The molecule has 224 valence electrons. The van der Waals surface area contributed by atoms with Crippen LogP contribution >= 0.6 is 0 Å². The van der Waals surface area contributed by atoms with E-state index in [-0.39, 0.29) is 5.82 Å². The number of nitrogens with zero attached hydrogens (tertiary/aromatic N) is 5. The molecule has 0 spiro atoms. The molecule has 42 heavy (non-hydrogen) atoms. The first-order chi connectivity index (χ1) is 20.0. The maximum absolute atomic E-state index is 13.7. The lowest BCUT2D eigenvalue weighted by Gasteiger charge is -2.23. The van der Waals surface area contributed by atoms with Gasteiger partial charge in [0.2, 0.25) is 0 Å². The van der Waals surface area contributed by atoms with Crippen LogP contribution in [0.2, 0.25) is 0 Å². The molecule has 0 radical (unpaired) electrons. The van der Waals surface area contributed by atoms with E-state index >= 15 is 0 Å². The van der Waals surface area contributed by atoms with Gasteiger partial charge in [0.15, 0.2) is 5.60 Å². The van der Waals surface area contributed by atoms with Crippen LogP contribution in [-0.4, -0.2) is 74.5 Å². The number of carboxylic acids is 3. The molecule has 2 heterocycles. The molecule has 0 atom stereocenters. The normalized spacial score (nSPS) is 11.3. The van der Waals surface area contributed by atoms with E-state index in [1.165, 1.54) is 6.07 Å². The van der Waals surface area contributed by atoms with Crippen LogP contribution in [0.4, 0.5) is 4.39 Å². The second kappa shape index (κ2) is 14.8. The summed E-state index contributed by atoms with van der Waals surface area (Å²) < 4.78 is 18.0. The predicted molar refractivity (Wildman–Crippen MR) is 150 cm³/mol. The van der Waals surface area contributed by atoms with E-state index in [0.29, 0.717) is 6.54 Å². The summed E-state index contributed by atoms with van der Waals surface area (Å²) in [7, 11) is 0. The third-order valence-electron chi connectivity index (χ3n) is 6.45. The number of halogens is 1. The van der Waals surface area contributed by atoms with Gasteiger partial charge in [-0.1, -0.05) is 24.3 Å². The van der Waals surface area contributed by atoms with Crippen molar-refractivity contribution in [1.82, 2.24) is 24.0 Å². The van der Waals surface area contributed by atoms with Crippen LogP contribution < -0.4 is 0 Å². The van der Waals surface area contributed by atoms with E-state index < -0.39 is 36.4 Å². The lowest BCUT2D eigenvalue weighted by molar-refractivity contribution is -0.170. The molecule has 0 aliphatic heterocycles. The fourth-order valence-electron chi connectivity index (χ4n) is 4.52. The minimum atomic E-state index is -2.74. The summed E-state index contributed by atoms with van der Waals surface area (Å²) in [6.07, 6.45) is 4.32. The molecule has 0 amide bonds. The molecule has 4 N–H and O–H groups in total. The largest absolute Gasteiger partial charge is 0.481 e. The molecule has 12 nitrogen and oxygen atoms in total. The van der Waals surface area contributed by atoms with Crippen LogP contribution in [0, 0.1) is 5.82 Å². The summed E-state index contributed by atoms with van der Waals surface area (Å²) in [6, 6.07) is 15.1. The van der Waals surface area contributed by atoms with Crippen molar-refractivity contribution in [2.24, 2.45) is 0 Å². The van der Waals surface area contributed by atoms with Crippen molar-refractivity contribution in [3.8, 4) is 0 Å². The summed E-state index contributed by atoms with van der Waals surface area (Å²) >= 11 is 0.